The van der Waals surface area contributed by atoms with Gasteiger partial charge >= 0.3 is 0 Å². The number of halogens is 1. The van der Waals surface area contributed by atoms with Gasteiger partial charge in [-0.2, -0.15) is 0 Å². The van der Waals surface area contributed by atoms with Crippen LogP contribution in [0, 0.1) is 6.92 Å². The molecule has 126 valence electrons. The Morgan fingerprint density at radius 1 is 1.21 bits per heavy atom. The first kappa shape index (κ1) is 17.1. The molecule has 1 N–H and O–H groups in total. The number of aromatic nitrogens is 3. The number of nitrogens with zero attached hydrogens (tertiary/aromatic N) is 4. The Bertz CT molecular complexity index is 833. The molecular weight excluding hydrogens is 342 g/mol. The molecule has 3 rings (SSSR count). The molecule has 0 radical (unpaired) electrons. The predicted octanol–water partition coefficient (Wildman–Crippen LogP) is 4.08. The summed E-state index contributed by atoms with van der Waals surface area (Å²) < 4.78 is 0. The fraction of sp³-hybridized carbons (Fsp3) is 0.353. The van der Waals surface area contributed by atoms with Crippen molar-refractivity contribution in [2.24, 2.45) is 0 Å². The van der Waals surface area contributed by atoms with Crippen molar-refractivity contribution in [3.8, 4) is 10.7 Å². The average molecular weight is 362 g/mol. The van der Waals surface area contributed by atoms with E-state index < -0.39 is 0 Å². The molecule has 0 aliphatic heterocycles. The summed E-state index contributed by atoms with van der Waals surface area (Å²) in [4.78, 5) is 16.1. The summed E-state index contributed by atoms with van der Waals surface area (Å²) in [6, 6.07) is 3.84. The minimum absolute atomic E-state index is 0.706. The SMILES string of the molecule is Cc1cc2nc(-c3nccs3)c(NCCCN(C)C)nc2cc1Cl. The molecule has 0 atom stereocenters. The minimum Gasteiger partial charge on any atom is -0.368 e. The number of benzene rings is 1. The first-order valence-electron chi connectivity index (χ1n) is 7.81. The maximum Gasteiger partial charge on any atom is 0.155 e. The second-order valence-corrected chi connectivity index (χ2v) is 7.23. The number of anilines is 1. The van der Waals surface area contributed by atoms with Crippen molar-refractivity contribution in [2.45, 2.75) is 13.3 Å². The molecule has 0 amide bonds. The van der Waals surface area contributed by atoms with Gasteiger partial charge in [0.2, 0.25) is 0 Å². The van der Waals surface area contributed by atoms with E-state index in [1.807, 2.05) is 24.4 Å². The van der Waals surface area contributed by atoms with Crippen molar-refractivity contribution in [1.82, 2.24) is 19.9 Å². The Morgan fingerprint density at radius 3 is 2.71 bits per heavy atom. The second-order valence-electron chi connectivity index (χ2n) is 5.93. The van der Waals surface area contributed by atoms with Crippen LogP contribution in [0.5, 0.6) is 0 Å². The highest BCUT2D eigenvalue weighted by Gasteiger charge is 2.14. The molecule has 0 saturated heterocycles. The normalized spacial score (nSPS) is 11.4. The number of aryl methyl sites for hydroxylation is 1. The Kier molecular flexibility index (Phi) is 5.28. The summed E-state index contributed by atoms with van der Waals surface area (Å²) >= 11 is 7.80. The third-order valence-electron chi connectivity index (χ3n) is 3.65. The highest BCUT2D eigenvalue weighted by Crippen LogP contribution is 2.30. The van der Waals surface area contributed by atoms with E-state index in [0.717, 1.165) is 52.6 Å². The Hall–Kier alpha value is -1.76. The number of thiazole rings is 1. The number of hydrogen-bond acceptors (Lipinski definition) is 6. The number of rotatable bonds is 6. The van der Waals surface area contributed by atoms with Crippen LogP contribution in [0.15, 0.2) is 23.7 Å². The van der Waals surface area contributed by atoms with Crippen LogP contribution in [0.2, 0.25) is 5.02 Å². The standard InChI is InChI=1S/C17H20ClN5S/c1-11-9-13-14(10-12(11)18)22-16(19-5-4-7-23(2)3)15(21-13)17-20-6-8-24-17/h6,8-10H,4-5,7H2,1-3H3,(H,19,22). The fourth-order valence-electron chi connectivity index (χ4n) is 2.40. The lowest BCUT2D eigenvalue weighted by Crippen LogP contribution is -2.17. The van der Waals surface area contributed by atoms with Crippen LogP contribution in [-0.4, -0.2) is 47.0 Å². The lowest BCUT2D eigenvalue weighted by molar-refractivity contribution is 0.405. The van der Waals surface area contributed by atoms with Crippen LogP contribution in [0.3, 0.4) is 0 Å². The Balaban J connectivity index is 1.97. The van der Waals surface area contributed by atoms with Crippen LogP contribution in [0.1, 0.15) is 12.0 Å². The van der Waals surface area contributed by atoms with E-state index >= 15 is 0 Å². The molecule has 7 heteroatoms. The number of fused-ring (bicyclic) bond motifs is 1. The van der Waals surface area contributed by atoms with Gasteiger partial charge in [-0.3, -0.25) is 0 Å². The summed E-state index contributed by atoms with van der Waals surface area (Å²) in [7, 11) is 4.14. The molecule has 0 fully saturated rings. The van der Waals surface area contributed by atoms with Gasteiger partial charge in [-0.15, -0.1) is 11.3 Å². The maximum absolute atomic E-state index is 6.24. The van der Waals surface area contributed by atoms with Gasteiger partial charge in [0.15, 0.2) is 5.82 Å². The Morgan fingerprint density at radius 2 is 2.00 bits per heavy atom. The van der Waals surface area contributed by atoms with Gasteiger partial charge in [-0.05, 0) is 51.7 Å². The summed E-state index contributed by atoms with van der Waals surface area (Å²) in [5.41, 5.74) is 3.42. The summed E-state index contributed by atoms with van der Waals surface area (Å²) in [6.07, 6.45) is 2.81. The van der Waals surface area contributed by atoms with E-state index in [9.17, 15) is 0 Å². The zero-order valence-electron chi connectivity index (χ0n) is 14.0. The smallest absolute Gasteiger partial charge is 0.155 e. The van der Waals surface area contributed by atoms with E-state index in [2.05, 4.69) is 29.3 Å². The Labute approximate surface area is 150 Å². The topological polar surface area (TPSA) is 53.9 Å². The lowest BCUT2D eigenvalue weighted by atomic mass is 10.2. The number of nitrogens with one attached hydrogen (secondary N) is 1. The fourth-order valence-corrected chi connectivity index (χ4v) is 3.18. The summed E-state index contributed by atoms with van der Waals surface area (Å²) in [5, 5.41) is 6.93. The highest BCUT2D eigenvalue weighted by molar-refractivity contribution is 7.13. The molecule has 0 aliphatic rings. The van der Waals surface area contributed by atoms with Crippen LogP contribution in [0.4, 0.5) is 5.82 Å². The monoisotopic (exact) mass is 361 g/mol. The molecule has 2 aromatic heterocycles. The molecule has 0 unspecified atom stereocenters. The maximum atomic E-state index is 6.24. The minimum atomic E-state index is 0.706. The van der Waals surface area contributed by atoms with Crippen LogP contribution in [-0.2, 0) is 0 Å². The molecule has 0 aliphatic carbocycles. The molecular formula is C17H20ClN5S. The van der Waals surface area contributed by atoms with Gasteiger partial charge < -0.3 is 10.2 Å². The molecule has 0 spiro atoms. The molecule has 1 aromatic carbocycles. The van der Waals surface area contributed by atoms with E-state index in [4.69, 9.17) is 21.6 Å². The predicted molar refractivity (Wildman–Crippen MR) is 102 cm³/mol. The molecule has 3 aromatic rings. The van der Waals surface area contributed by atoms with E-state index in [1.54, 1.807) is 17.5 Å². The number of hydrogen-bond donors (Lipinski definition) is 1. The van der Waals surface area contributed by atoms with Crippen molar-refractivity contribution < 1.29 is 0 Å². The molecule has 24 heavy (non-hydrogen) atoms. The van der Waals surface area contributed by atoms with Crippen LogP contribution < -0.4 is 5.32 Å². The van der Waals surface area contributed by atoms with Crippen molar-refractivity contribution in [3.63, 3.8) is 0 Å². The summed E-state index contributed by atoms with van der Waals surface area (Å²) in [5.74, 6) is 0.760. The highest BCUT2D eigenvalue weighted by atomic mass is 35.5. The van der Waals surface area contributed by atoms with Gasteiger partial charge in [-0.25, -0.2) is 15.0 Å². The third kappa shape index (κ3) is 3.83. The van der Waals surface area contributed by atoms with Gasteiger partial charge in [-0.1, -0.05) is 11.6 Å². The van der Waals surface area contributed by atoms with E-state index in [0.29, 0.717) is 5.02 Å². The average Bonchev–Trinajstić information content (AvgIpc) is 3.06. The van der Waals surface area contributed by atoms with E-state index in [-0.39, 0.29) is 0 Å². The molecule has 2 heterocycles. The van der Waals surface area contributed by atoms with Gasteiger partial charge in [0, 0.05) is 23.1 Å². The largest absolute Gasteiger partial charge is 0.368 e. The van der Waals surface area contributed by atoms with Gasteiger partial charge in [0.1, 0.15) is 10.7 Å². The van der Waals surface area contributed by atoms with E-state index in [1.165, 1.54) is 0 Å². The van der Waals surface area contributed by atoms with Crippen molar-refractivity contribution in [2.75, 3.05) is 32.5 Å². The van der Waals surface area contributed by atoms with Crippen LogP contribution in [0.25, 0.3) is 21.7 Å². The third-order valence-corrected chi connectivity index (χ3v) is 4.84. The van der Waals surface area contributed by atoms with Crippen molar-refractivity contribution in [1.29, 1.82) is 0 Å². The first-order valence-corrected chi connectivity index (χ1v) is 9.06. The van der Waals surface area contributed by atoms with Gasteiger partial charge in [0.25, 0.3) is 0 Å². The van der Waals surface area contributed by atoms with Crippen molar-refractivity contribution >= 4 is 39.8 Å². The summed E-state index contributed by atoms with van der Waals surface area (Å²) in [6.45, 7) is 3.82. The second kappa shape index (κ2) is 7.42. The zero-order chi connectivity index (χ0) is 17.1. The lowest BCUT2D eigenvalue weighted by Gasteiger charge is -2.13. The molecule has 5 nitrogen and oxygen atoms in total. The molecule has 0 saturated carbocycles. The zero-order valence-corrected chi connectivity index (χ0v) is 15.6. The first-order chi connectivity index (χ1) is 11.5. The van der Waals surface area contributed by atoms with Gasteiger partial charge in [0.05, 0.1) is 11.0 Å². The quantitative estimate of drug-likeness (QED) is 0.670. The molecule has 0 bridgehead atoms. The van der Waals surface area contributed by atoms with Crippen LogP contribution >= 0.6 is 22.9 Å². The van der Waals surface area contributed by atoms with Crippen molar-refractivity contribution in [3.05, 3.63) is 34.3 Å².